The Labute approximate surface area is 122 Å². The van der Waals surface area contributed by atoms with E-state index < -0.39 is 10.0 Å². The van der Waals surface area contributed by atoms with E-state index in [2.05, 4.69) is 4.98 Å². The molecular formula is C11H14Cl2N2O3S. The Kier molecular flexibility index (Phi) is 4.37. The average Bonchev–Trinajstić information content (AvgIpc) is 2.30. The summed E-state index contributed by atoms with van der Waals surface area (Å²) in [6.45, 7) is 0.375. The lowest BCUT2D eigenvalue weighted by Gasteiger charge is -2.34. The fourth-order valence-electron chi connectivity index (χ4n) is 2.04. The molecule has 106 valence electrons. The van der Waals surface area contributed by atoms with Gasteiger partial charge in [-0.1, -0.05) is 23.2 Å². The first-order valence-corrected chi connectivity index (χ1v) is 7.95. The van der Waals surface area contributed by atoms with Crippen LogP contribution < -0.4 is 0 Å². The van der Waals surface area contributed by atoms with Gasteiger partial charge in [0.1, 0.15) is 10.0 Å². The minimum atomic E-state index is -3.62. The topological polar surface area (TPSA) is 70.5 Å². The van der Waals surface area contributed by atoms with E-state index in [0.717, 1.165) is 0 Å². The second-order valence-electron chi connectivity index (χ2n) is 4.72. The standard InChI is InChI=1S/C11H14Cl2N2O3S/c1-15(6-7-2-8(16)3-7)19(17,18)9-4-10(12)11(13)14-5-9/h4-5,7-8,16H,2-3,6H2,1H3. The van der Waals surface area contributed by atoms with Gasteiger partial charge in [-0.3, -0.25) is 0 Å². The number of aromatic nitrogens is 1. The lowest BCUT2D eigenvalue weighted by atomic mass is 9.82. The smallest absolute Gasteiger partial charge is 0.244 e. The normalized spacial score (nSPS) is 23.4. The van der Waals surface area contributed by atoms with E-state index in [9.17, 15) is 13.5 Å². The van der Waals surface area contributed by atoms with Crippen LogP contribution in [-0.4, -0.2) is 42.5 Å². The number of sulfonamides is 1. The van der Waals surface area contributed by atoms with Gasteiger partial charge in [0.05, 0.1) is 11.1 Å². The van der Waals surface area contributed by atoms with E-state index in [1.165, 1.54) is 23.6 Å². The predicted molar refractivity (Wildman–Crippen MR) is 72.8 cm³/mol. The molecule has 0 aliphatic heterocycles. The summed E-state index contributed by atoms with van der Waals surface area (Å²) in [7, 11) is -2.12. The fourth-order valence-corrected chi connectivity index (χ4v) is 3.59. The van der Waals surface area contributed by atoms with Gasteiger partial charge in [-0.05, 0) is 24.8 Å². The van der Waals surface area contributed by atoms with E-state index in [4.69, 9.17) is 23.2 Å². The number of rotatable bonds is 4. The second kappa shape index (κ2) is 5.54. The third-order valence-corrected chi connectivity index (χ3v) is 5.68. The number of nitrogens with zero attached hydrogens (tertiary/aromatic N) is 2. The van der Waals surface area contributed by atoms with Crippen LogP contribution in [0.15, 0.2) is 17.2 Å². The monoisotopic (exact) mass is 324 g/mol. The van der Waals surface area contributed by atoms with Crippen molar-refractivity contribution in [3.63, 3.8) is 0 Å². The number of aliphatic hydroxyl groups is 1. The van der Waals surface area contributed by atoms with Crippen LogP contribution in [0, 0.1) is 5.92 Å². The summed E-state index contributed by atoms with van der Waals surface area (Å²) < 4.78 is 25.8. The van der Waals surface area contributed by atoms with Crippen LogP contribution >= 0.6 is 23.2 Å². The van der Waals surface area contributed by atoms with Gasteiger partial charge >= 0.3 is 0 Å². The average molecular weight is 325 g/mol. The van der Waals surface area contributed by atoms with Gasteiger partial charge in [0.25, 0.3) is 0 Å². The highest BCUT2D eigenvalue weighted by atomic mass is 35.5. The summed E-state index contributed by atoms with van der Waals surface area (Å²) in [6, 6.07) is 1.29. The Morgan fingerprint density at radius 1 is 1.47 bits per heavy atom. The van der Waals surface area contributed by atoms with Crippen LogP contribution in [0.4, 0.5) is 0 Å². The van der Waals surface area contributed by atoms with Crippen molar-refractivity contribution >= 4 is 33.2 Å². The molecule has 1 saturated carbocycles. The largest absolute Gasteiger partial charge is 0.393 e. The third-order valence-electron chi connectivity index (χ3n) is 3.21. The molecular weight excluding hydrogens is 311 g/mol. The van der Waals surface area contributed by atoms with Gasteiger partial charge in [-0.25, -0.2) is 17.7 Å². The molecule has 0 aromatic carbocycles. The number of aliphatic hydroxyl groups excluding tert-OH is 1. The van der Waals surface area contributed by atoms with Crippen molar-refractivity contribution in [3.8, 4) is 0 Å². The first-order chi connectivity index (χ1) is 8.80. The number of pyridine rings is 1. The molecule has 0 bridgehead atoms. The molecule has 1 aliphatic carbocycles. The van der Waals surface area contributed by atoms with Gasteiger partial charge in [-0.15, -0.1) is 0 Å². The molecule has 2 rings (SSSR count). The zero-order valence-corrected chi connectivity index (χ0v) is 12.6. The van der Waals surface area contributed by atoms with Crippen LogP contribution in [0.1, 0.15) is 12.8 Å². The maximum absolute atomic E-state index is 12.3. The lowest BCUT2D eigenvalue weighted by molar-refractivity contribution is 0.0367. The van der Waals surface area contributed by atoms with Crippen LogP contribution in [0.5, 0.6) is 0 Å². The first kappa shape index (κ1) is 15.0. The molecule has 0 spiro atoms. The van der Waals surface area contributed by atoms with Crippen molar-refractivity contribution in [1.29, 1.82) is 0 Å². The van der Waals surface area contributed by atoms with Crippen LogP contribution in [0.2, 0.25) is 10.2 Å². The minimum absolute atomic E-state index is 0.0178. The highest BCUT2D eigenvalue weighted by Gasteiger charge is 2.32. The van der Waals surface area contributed by atoms with Gasteiger partial charge in [0, 0.05) is 19.8 Å². The fraction of sp³-hybridized carbons (Fsp3) is 0.545. The van der Waals surface area contributed by atoms with E-state index in [0.29, 0.717) is 19.4 Å². The highest BCUT2D eigenvalue weighted by molar-refractivity contribution is 7.89. The summed E-state index contributed by atoms with van der Waals surface area (Å²) in [4.78, 5) is 3.76. The van der Waals surface area contributed by atoms with Gasteiger partial charge in [0.15, 0.2) is 0 Å². The molecule has 5 nitrogen and oxygen atoms in total. The molecule has 1 N–H and O–H groups in total. The van der Waals surface area contributed by atoms with Crippen molar-refractivity contribution in [2.45, 2.75) is 23.8 Å². The van der Waals surface area contributed by atoms with Gasteiger partial charge < -0.3 is 5.11 Å². The summed E-state index contributed by atoms with van der Waals surface area (Å²) in [6.07, 6.45) is 2.17. The van der Waals surface area contributed by atoms with Crippen molar-refractivity contribution in [2.75, 3.05) is 13.6 Å². The highest BCUT2D eigenvalue weighted by Crippen LogP contribution is 2.30. The van der Waals surface area contributed by atoms with Crippen molar-refractivity contribution in [3.05, 3.63) is 22.4 Å². The van der Waals surface area contributed by atoms with Crippen LogP contribution in [-0.2, 0) is 10.0 Å². The summed E-state index contributed by atoms with van der Waals surface area (Å²) in [5.41, 5.74) is 0. The number of hydrogen-bond acceptors (Lipinski definition) is 4. The van der Waals surface area contributed by atoms with Gasteiger partial charge in [-0.2, -0.15) is 0 Å². The molecule has 1 aromatic rings. The maximum atomic E-state index is 12.3. The van der Waals surface area contributed by atoms with Gasteiger partial charge in [0.2, 0.25) is 10.0 Å². The lowest BCUT2D eigenvalue weighted by Crippen LogP contribution is -2.39. The third kappa shape index (κ3) is 3.20. The van der Waals surface area contributed by atoms with Crippen molar-refractivity contribution in [2.24, 2.45) is 5.92 Å². The van der Waals surface area contributed by atoms with Crippen LogP contribution in [0.3, 0.4) is 0 Å². The Bertz CT molecular complexity index is 573. The molecule has 1 aliphatic rings. The second-order valence-corrected chi connectivity index (χ2v) is 7.53. The quantitative estimate of drug-likeness (QED) is 0.857. The molecule has 1 fully saturated rings. The first-order valence-electron chi connectivity index (χ1n) is 5.76. The Morgan fingerprint density at radius 3 is 2.63 bits per heavy atom. The predicted octanol–water partition coefficient (Wildman–Crippen LogP) is 1.78. The van der Waals surface area contributed by atoms with E-state index in [1.807, 2.05) is 0 Å². The van der Waals surface area contributed by atoms with E-state index in [1.54, 1.807) is 0 Å². The van der Waals surface area contributed by atoms with Crippen LogP contribution in [0.25, 0.3) is 0 Å². The molecule has 0 radical (unpaired) electrons. The number of hydrogen-bond donors (Lipinski definition) is 1. The van der Waals surface area contributed by atoms with Crippen molar-refractivity contribution < 1.29 is 13.5 Å². The molecule has 8 heteroatoms. The number of halogens is 2. The molecule has 0 saturated heterocycles. The Hall–Kier alpha value is -0.400. The summed E-state index contributed by atoms with van der Waals surface area (Å²) in [5.74, 6) is 0.200. The van der Waals surface area contributed by atoms with Crippen molar-refractivity contribution in [1.82, 2.24) is 9.29 Å². The summed E-state index contributed by atoms with van der Waals surface area (Å²) in [5, 5.41) is 9.39. The molecule has 1 heterocycles. The minimum Gasteiger partial charge on any atom is -0.393 e. The SMILES string of the molecule is CN(CC1CC(O)C1)S(=O)(=O)c1cnc(Cl)c(Cl)c1. The molecule has 1 aromatic heterocycles. The Balaban J connectivity index is 2.14. The molecule has 0 amide bonds. The maximum Gasteiger partial charge on any atom is 0.244 e. The molecule has 0 unspecified atom stereocenters. The zero-order valence-electron chi connectivity index (χ0n) is 10.3. The Morgan fingerprint density at radius 2 is 2.11 bits per heavy atom. The van der Waals surface area contributed by atoms with E-state index in [-0.39, 0.29) is 27.1 Å². The van der Waals surface area contributed by atoms with E-state index >= 15 is 0 Å². The zero-order chi connectivity index (χ0) is 14.2. The molecule has 19 heavy (non-hydrogen) atoms. The summed E-state index contributed by atoms with van der Waals surface area (Å²) >= 11 is 11.4. The molecule has 0 atom stereocenters.